The minimum Gasteiger partial charge on any atom is -0.351 e. The molecule has 4 fully saturated rings. The van der Waals surface area contributed by atoms with Gasteiger partial charge < -0.3 is 9.80 Å². The van der Waals surface area contributed by atoms with Crippen LogP contribution in [0.1, 0.15) is 79.1 Å². The summed E-state index contributed by atoms with van der Waals surface area (Å²) < 4.78 is 2.43. The Balaban J connectivity index is 1.24. The van der Waals surface area contributed by atoms with E-state index in [1.54, 1.807) is 0 Å². The molecule has 2 aromatic heterocycles. The molecule has 5 nitrogen and oxygen atoms in total. The number of rotatable bonds is 4. The Morgan fingerprint density at radius 2 is 1.13 bits per heavy atom. The highest BCUT2D eigenvalue weighted by molar-refractivity contribution is 6.10. The second kappa shape index (κ2) is 11.4. The van der Waals surface area contributed by atoms with Crippen molar-refractivity contribution in [3.8, 4) is 16.9 Å². The van der Waals surface area contributed by atoms with Crippen molar-refractivity contribution in [2.75, 3.05) is 9.80 Å². The molecule has 2 saturated carbocycles. The van der Waals surface area contributed by atoms with Gasteiger partial charge in [-0.2, -0.15) is 9.97 Å². The van der Waals surface area contributed by atoms with E-state index in [9.17, 15) is 0 Å². The summed E-state index contributed by atoms with van der Waals surface area (Å²) in [7, 11) is 0. The molecule has 5 aromatic rings. The Morgan fingerprint density at radius 1 is 0.511 bits per heavy atom. The number of piperidine rings is 2. The van der Waals surface area contributed by atoms with E-state index in [4.69, 9.17) is 9.97 Å². The monoisotopic (exact) mass is 623 g/mol. The smallest absolute Gasteiger partial charge is 0.229 e. The minimum atomic E-state index is 0.443. The van der Waals surface area contributed by atoms with Gasteiger partial charge in [0.1, 0.15) is 11.6 Å². The Labute approximate surface area is 280 Å². The van der Waals surface area contributed by atoms with E-state index in [0.717, 1.165) is 41.3 Å². The molecule has 3 aromatic carbocycles. The molecule has 2 saturated heterocycles. The lowest BCUT2D eigenvalue weighted by molar-refractivity contribution is 0.175. The van der Waals surface area contributed by atoms with Gasteiger partial charge >= 0.3 is 0 Å². The molecule has 2 aliphatic carbocycles. The molecule has 47 heavy (non-hydrogen) atoms. The maximum absolute atomic E-state index is 5.58. The first-order valence-corrected chi connectivity index (χ1v) is 18.4. The van der Waals surface area contributed by atoms with Crippen molar-refractivity contribution in [3.63, 3.8) is 0 Å². The van der Waals surface area contributed by atoms with Gasteiger partial charge in [-0.25, -0.2) is 0 Å². The van der Waals surface area contributed by atoms with Crippen LogP contribution in [0, 0.1) is 23.7 Å². The van der Waals surface area contributed by atoms with Gasteiger partial charge in [-0.3, -0.25) is 4.57 Å². The highest BCUT2D eigenvalue weighted by Gasteiger charge is 2.42. The van der Waals surface area contributed by atoms with Crippen LogP contribution < -0.4 is 9.80 Å². The number of fused-ring (bicyclic) bond motifs is 7. The first-order valence-electron chi connectivity index (χ1n) is 18.4. The second-order valence-electron chi connectivity index (χ2n) is 16.0. The normalized spacial score (nSPS) is 30.6. The molecule has 8 atom stereocenters. The van der Waals surface area contributed by atoms with Crippen LogP contribution in [0.25, 0.3) is 38.8 Å². The molecule has 2 aliphatic heterocycles. The number of aromatic nitrogens is 3. The number of anilines is 2. The van der Waals surface area contributed by atoms with Crippen LogP contribution in [0.2, 0.25) is 0 Å². The highest BCUT2D eigenvalue weighted by Crippen LogP contribution is 2.45. The third-order valence-corrected chi connectivity index (χ3v) is 12.3. The van der Waals surface area contributed by atoms with Gasteiger partial charge in [0.2, 0.25) is 5.95 Å². The molecular formula is C42H49N5. The Bertz CT molecular complexity index is 1860. The van der Waals surface area contributed by atoms with Crippen LogP contribution in [0.4, 0.5) is 11.8 Å². The molecule has 4 heterocycles. The summed E-state index contributed by atoms with van der Waals surface area (Å²) in [4.78, 5) is 16.5. The van der Waals surface area contributed by atoms with Gasteiger partial charge in [0.25, 0.3) is 0 Å². The van der Waals surface area contributed by atoms with Crippen molar-refractivity contribution in [3.05, 3.63) is 78.9 Å². The molecule has 242 valence electrons. The van der Waals surface area contributed by atoms with Crippen LogP contribution in [0.3, 0.4) is 0 Å². The molecular weight excluding hydrogens is 574 g/mol. The molecule has 4 aliphatic rings. The summed E-state index contributed by atoms with van der Waals surface area (Å²) >= 11 is 0. The van der Waals surface area contributed by atoms with E-state index >= 15 is 0 Å². The molecule has 5 heteroatoms. The molecule has 0 spiro atoms. The predicted molar refractivity (Wildman–Crippen MR) is 196 cm³/mol. The van der Waals surface area contributed by atoms with Gasteiger partial charge in [-0.1, -0.05) is 68.4 Å². The fourth-order valence-corrected chi connectivity index (χ4v) is 10.7. The van der Waals surface area contributed by atoms with Gasteiger partial charge in [0.15, 0.2) is 0 Å². The quantitative estimate of drug-likeness (QED) is 0.200. The number of nitrogens with zero attached hydrogens (tertiary/aromatic N) is 5. The van der Waals surface area contributed by atoms with E-state index in [2.05, 4.69) is 121 Å². The topological polar surface area (TPSA) is 37.2 Å². The minimum absolute atomic E-state index is 0.443. The van der Waals surface area contributed by atoms with E-state index < -0.39 is 0 Å². The molecule has 0 N–H and O–H groups in total. The van der Waals surface area contributed by atoms with Crippen molar-refractivity contribution in [2.45, 2.75) is 103 Å². The molecule has 4 bridgehead atoms. The molecule has 8 unspecified atom stereocenters. The van der Waals surface area contributed by atoms with Crippen molar-refractivity contribution < 1.29 is 0 Å². The third kappa shape index (κ3) is 5.03. The summed E-state index contributed by atoms with van der Waals surface area (Å²) in [5.41, 5.74) is 4.91. The van der Waals surface area contributed by atoms with E-state index in [1.807, 2.05) is 0 Å². The predicted octanol–water partition coefficient (Wildman–Crippen LogP) is 10.0. The zero-order valence-electron chi connectivity index (χ0n) is 28.5. The molecule has 0 amide bonds. The second-order valence-corrected chi connectivity index (χ2v) is 16.0. The first-order chi connectivity index (χ1) is 22.9. The van der Waals surface area contributed by atoms with Gasteiger partial charge in [-0.15, -0.1) is 0 Å². The summed E-state index contributed by atoms with van der Waals surface area (Å²) in [5, 5.41) is 2.54. The van der Waals surface area contributed by atoms with Gasteiger partial charge in [0.05, 0.1) is 11.0 Å². The number of benzene rings is 3. The third-order valence-electron chi connectivity index (χ3n) is 12.3. The summed E-state index contributed by atoms with van der Waals surface area (Å²) in [6, 6.07) is 30.9. The highest BCUT2D eigenvalue weighted by atomic mass is 15.4. The van der Waals surface area contributed by atoms with Crippen LogP contribution in [-0.2, 0) is 0 Å². The van der Waals surface area contributed by atoms with Crippen molar-refractivity contribution in [1.29, 1.82) is 0 Å². The average molecular weight is 624 g/mol. The zero-order valence-corrected chi connectivity index (χ0v) is 28.5. The standard InChI is InChI=1S/C42H49N5/c1-26-16-30-20-28(3)45(34(18-26)22-30)40-25-41(44-42(43-40)46-29(4)21-31-17-27(2)19-35(46)23-31)47-38-13-9-8-12-36(38)37-24-33(14-15-39(37)47)32-10-6-5-7-11-32/h5-15,24-31,34-35H,16-23H2,1-4H3. The number of para-hydroxylation sites is 1. The summed E-state index contributed by atoms with van der Waals surface area (Å²) in [5.74, 6) is 6.27. The van der Waals surface area contributed by atoms with E-state index in [1.165, 1.54) is 84.3 Å². The fraction of sp³-hybridized carbons (Fsp3) is 0.476. The van der Waals surface area contributed by atoms with E-state index in [-0.39, 0.29) is 0 Å². The van der Waals surface area contributed by atoms with Gasteiger partial charge in [0, 0.05) is 41.0 Å². The average Bonchev–Trinajstić information content (AvgIpc) is 3.38. The van der Waals surface area contributed by atoms with Crippen LogP contribution in [0.5, 0.6) is 0 Å². The Hall–Kier alpha value is -3.86. The molecule has 0 radical (unpaired) electrons. The summed E-state index contributed by atoms with van der Waals surface area (Å²) in [6.45, 7) is 9.78. The lowest BCUT2D eigenvalue weighted by Gasteiger charge is -2.51. The largest absolute Gasteiger partial charge is 0.351 e. The maximum atomic E-state index is 5.58. The Morgan fingerprint density at radius 3 is 1.87 bits per heavy atom. The van der Waals surface area contributed by atoms with Crippen molar-refractivity contribution >= 4 is 33.6 Å². The zero-order chi connectivity index (χ0) is 31.8. The van der Waals surface area contributed by atoms with Gasteiger partial charge in [-0.05, 0) is 118 Å². The van der Waals surface area contributed by atoms with Crippen LogP contribution >= 0.6 is 0 Å². The van der Waals surface area contributed by atoms with Crippen molar-refractivity contribution in [1.82, 2.24) is 14.5 Å². The van der Waals surface area contributed by atoms with E-state index in [0.29, 0.717) is 24.2 Å². The number of hydrogen-bond donors (Lipinski definition) is 0. The van der Waals surface area contributed by atoms with Crippen molar-refractivity contribution in [2.24, 2.45) is 23.7 Å². The SMILES string of the molecule is CC1CC2CC(C)N(c3cc(-n4c5ccccc5c5cc(-c6ccccc6)ccc54)nc(N4C(C)CC5CC(C)CC4C5)n3)C(C1)C2. The molecule has 9 rings (SSSR count). The van der Waals surface area contributed by atoms with Crippen LogP contribution in [0.15, 0.2) is 78.9 Å². The maximum Gasteiger partial charge on any atom is 0.229 e. The fourth-order valence-electron chi connectivity index (χ4n) is 10.7. The Kier molecular flexibility index (Phi) is 7.10. The summed E-state index contributed by atoms with van der Waals surface area (Å²) in [6.07, 6.45) is 10.3. The van der Waals surface area contributed by atoms with Crippen LogP contribution in [-0.4, -0.2) is 38.7 Å². The first kappa shape index (κ1) is 29.3. The number of hydrogen-bond acceptors (Lipinski definition) is 4. The lowest BCUT2D eigenvalue weighted by Crippen LogP contribution is -2.53. The lowest BCUT2D eigenvalue weighted by atomic mass is 9.72.